The maximum absolute atomic E-state index is 7.01. The number of furan rings is 1. The molecule has 52 heavy (non-hydrogen) atoms. The Morgan fingerprint density at radius 3 is 1.63 bits per heavy atom. The SMILES string of the molecule is c1ccc(-c2cccc3c2oc2c(N(c4ccc(-c5cccc6sc7ccccc7c56)cc4)c4cccc5sc6ccccc6c45)cccc23)cc1. The van der Waals surface area contributed by atoms with E-state index in [1.165, 1.54) is 51.5 Å². The number of anilines is 3. The summed E-state index contributed by atoms with van der Waals surface area (Å²) < 4.78 is 12.2. The molecule has 0 bridgehead atoms. The minimum atomic E-state index is 0.871. The van der Waals surface area contributed by atoms with E-state index < -0.39 is 0 Å². The Kier molecular flexibility index (Phi) is 6.63. The predicted molar refractivity (Wildman–Crippen MR) is 225 cm³/mol. The van der Waals surface area contributed by atoms with Crippen LogP contribution < -0.4 is 4.90 Å². The molecule has 0 aliphatic rings. The van der Waals surface area contributed by atoms with Crippen LogP contribution in [0, 0.1) is 0 Å². The van der Waals surface area contributed by atoms with Crippen molar-refractivity contribution in [3.63, 3.8) is 0 Å². The Bertz CT molecular complexity index is 3130. The van der Waals surface area contributed by atoms with Gasteiger partial charge >= 0.3 is 0 Å². The van der Waals surface area contributed by atoms with Crippen LogP contribution in [0.2, 0.25) is 0 Å². The highest BCUT2D eigenvalue weighted by atomic mass is 32.1. The largest absolute Gasteiger partial charge is 0.453 e. The number of para-hydroxylation sites is 2. The van der Waals surface area contributed by atoms with E-state index >= 15 is 0 Å². The molecule has 3 heterocycles. The Labute approximate surface area is 308 Å². The molecule has 0 spiro atoms. The smallest absolute Gasteiger partial charge is 0.159 e. The van der Waals surface area contributed by atoms with Crippen molar-refractivity contribution in [3.8, 4) is 22.3 Å². The quantitative estimate of drug-likeness (QED) is 0.178. The van der Waals surface area contributed by atoms with Gasteiger partial charge in [0.2, 0.25) is 0 Å². The Morgan fingerprint density at radius 1 is 0.346 bits per heavy atom. The van der Waals surface area contributed by atoms with E-state index in [0.717, 1.165) is 50.1 Å². The first-order valence-corrected chi connectivity index (χ1v) is 19.1. The highest BCUT2D eigenvalue weighted by Crippen LogP contribution is 2.49. The van der Waals surface area contributed by atoms with Gasteiger partial charge in [0, 0.05) is 62.4 Å². The summed E-state index contributed by atoms with van der Waals surface area (Å²) in [7, 11) is 0. The molecule has 0 aliphatic carbocycles. The minimum absolute atomic E-state index is 0.871. The fraction of sp³-hybridized carbons (Fsp3) is 0. The third kappa shape index (κ3) is 4.48. The highest BCUT2D eigenvalue weighted by Gasteiger charge is 2.23. The van der Waals surface area contributed by atoms with E-state index in [1.807, 2.05) is 22.7 Å². The van der Waals surface area contributed by atoms with Gasteiger partial charge in [-0.1, -0.05) is 127 Å². The van der Waals surface area contributed by atoms with Crippen LogP contribution in [-0.4, -0.2) is 0 Å². The van der Waals surface area contributed by atoms with Crippen LogP contribution in [-0.2, 0) is 0 Å². The molecule has 0 atom stereocenters. The summed E-state index contributed by atoms with van der Waals surface area (Å²) >= 11 is 3.70. The number of benzene rings is 8. The van der Waals surface area contributed by atoms with Gasteiger partial charge in [0.05, 0.1) is 11.4 Å². The van der Waals surface area contributed by atoms with Crippen molar-refractivity contribution in [1.29, 1.82) is 0 Å². The minimum Gasteiger partial charge on any atom is -0.453 e. The predicted octanol–water partition coefficient (Wildman–Crippen LogP) is 15.1. The number of nitrogens with zero attached hydrogens (tertiary/aromatic N) is 1. The first kappa shape index (κ1) is 29.5. The molecule has 8 aromatic carbocycles. The lowest BCUT2D eigenvalue weighted by atomic mass is 9.99. The van der Waals surface area contributed by atoms with Crippen LogP contribution in [0.15, 0.2) is 180 Å². The van der Waals surface area contributed by atoms with E-state index in [1.54, 1.807) is 0 Å². The van der Waals surface area contributed by atoms with Crippen LogP contribution >= 0.6 is 22.7 Å². The molecule has 0 N–H and O–H groups in total. The lowest BCUT2D eigenvalue weighted by Crippen LogP contribution is -2.10. The van der Waals surface area contributed by atoms with Gasteiger partial charge in [-0.2, -0.15) is 0 Å². The zero-order chi connectivity index (χ0) is 34.2. The second kappa shape index (κ2) is 11.7. The molecular weight excluding hydrogens is 671 g/mol. The molecule has 244 valence electrons. The number of fused-ring (bicyclic) bond motifs is 9. The van der Waals surface area contributed by atoms with Crippen molar-refractivity contribution >= 4 is 102 Å². The van der Waals surface area contributed by atoms with Crippen molar-refractivity contribution in [2.75, 3.05) is 4.90 Å². The first-order valence-electron chi connectivity index (χ1n) is 17.5. The maximum Gasteiger partial charge on any atom is 0.159 e. The zero-order valence-corrected chi connectivity index (χ0v) is 29.5. The normalized spacial score (nSPS) is 11.8. The summed E-state index contributed by atoms with van der Waals surface area (Å²) in [6.07, 6.45) is 0. The fourth-order valence-corrected chi connectivity index (χ4v) is 10.2. The molecule has 11 aromatic rings. The first-order chi connectivity index (χ1) is 25.8. The third-order valence-electron chi connectivity index (χ3n) is 10.3. The van der Waals surface area contributed by atoms with E-state index in [0.29, 0.717) is 0 Å². The van der Waals surface area contributed by atoms with Crippen molar-refractivity contribution in [2.45, 2.75) is 0 Å². The molecule has 0 radical (unpaired) electrons. The number of rotatable bonds is 5. The van der Waals surface area contributed by atoms with Crippen molar-refractivity contribution in [3.05, 3.63) is 176 Å². The lowest BCUT2D eigenvalue weighted by molar-refractivity contribution is 0.670. The van der Waals surface area contributed by atoms with E-state index in [9.17, 15) is 0 Å². The van der Waals surface area contributed by atoms with E-state index in [-0.39, 0.29) is 0 Å². The second-order valence-electron chi connectivity index (χ2n) is 13.2. The molecule has 0 unspecified atom stereocenters. The number of hydrogen-bond acceptors (Lipinski definition) is 4. The standard InChI is InChI=1S/C48H29NOS2/c1-2-12-30(13-3-1)34-17-8-18-35-36-19-9-21-40(48(36)50-47(34)35)49(39-20-11-25-44-46(39)38-15-5-7-23-42(38)52-44)32-28-26-31(27-29-32)33-16-10-24-43-45(33)37-14-4-6-22-41(37)51-43/h1-29H. The summed E-state index contributed by atoms with van der Waals surface area (Å²) in [6, 6.07) is 63.5. The van der Waals surface area contributed by atoms with Crippen molar-refractivity contribution < 1.29 is 4.42 Å². The van der Waals surface area contributed by atoms with Crippen molar-refractivity contribution in [2.24, 2.45) is 0 Å². The summed E-state index contributed by atoms with van der Waals surface area (Å²) in [6.45, 7) is 0. The zero-order valence-electron chi connectivity index (χ0n) is 27.9. The summed E-state index contributed by atoms with van der Waals surface area (Å²) in [5.74, 6) is 0. The molecule has 0 amide bonds. The summed E-state index contributed by atoms with van der Waals surface area (Å²) in [4.78, 5) is 2.40. The maximum atomic E-state index is 7.01. The third-order valence-corrected chi connectivity index (χ3v) is 12.6. The highest BCUT2D eigenvalue weighted by molar-refractivity contribution is 7.26. The van der Waals surface area contributed by atoms with E-state index in [2.05, 4.69) is 181 Å². The number of hydrogen-bond donors (Lipinski definition) is 0. The van der Waals surface area contributed by atoms with Crippen LogP contribution in [0.5, 0.6) is 0 Å². The average Bonchev–Trinajstić information content (AvgIpc) is 3.91. The lowest BCUT2D eigenvalue weighted by Gasteiger charge is -2.26. The van der Waals surface area contributed by atoms with Gasteiger partial charge in [-0.3, -0.25) is 0 Å². The van der Waals surface area contributed by atoms with Gasteiger partial charge in [-0.05, 0) is 65.2 Å². The molecular formula is C48H29NOS2. The Morgan fingerprint density at radius 2 is 0.865 bits per heavy atom. The van der Waals surface area contributed by atoms with Gasteiger partial charge in [0.15, 0.2) is 5.58 Å². The van der Waals surface area contributed by atoms with Gasteiger partial charge in [0.1, 0.15) is 5.58 Å². The Balaban J connectivity index is 1.16. The van der Waals surface area contributed by atoms with Crippen LogP contribution in [0.1, 0.15) is 0 Å². The molecule has 3 aromatic heterocycles. The van der Waals surface area contributed by atoms with Gasteiger partial charge in [-0.15, -0.1) is 22.7 Å². The molecule has 2 nitrogen and oxygen atoms in total. The van der Waals surface area contributed by atoms with Crippen LogP contribution in [0.25, 0.3) is 84.5 Å². The molecule has 4 heteroatoms. The second-order valence-corrected chi connectivity index (χ2v) is 15.4. The van der Waals surface area contributed by atoms with Gasteiger partial charge < -0.3 is 9.32 Å². The number of thiophene rings is 2. The van der Waals surface area contributed by atoms with Crippen LogP contribution in [0.4, 0.5) is 17.1 Å². The van der Waals surface area contributed by atoms with Crippen LogP contribution in [0.3, 0.4) is 0 Å². The summed E-state index contributed by atoms with van der Waals surface area (Å²) in [5, 5.41) is 7.36. The molecule has 0 fully saturated rings. The van der Waals surface area contributed by atoms with Gasteiger partial charge in [-0.25, -0.2) is 0 Å². The molecule has 0 aliphatic heterocycles. The summed E-state index contributed by atoms with van der Waals surface area (Å²) in [5.41, 5.74) is 9.68. The monoisotopic (exact) mass is 699 g/mol. The molecule has 0 saturated heterocycles. The molecule has 0 saturated carbocycles. The van der Waals surface area contributed by atoms with E-state index in [4.69, 9.17) is 4.42 Å². The molecule has 11 rings (SSSR count). The van der Waals surface area contributed by atoms with Crippen molar-refractivity contribution in [1.82, 2.24) is 0 Å². The Hall–Kier alpha value is -6.20. The topological polar surface area (TPSA) is 16.4 Å². The average molecular weight is 700 g/mol. The fourth-order valence-electron chi connectivity index (χ4n) is 7.98. The van der Waals surface area contributed by atoms with Gasteiger partial charge in [0.25, 0.3) is 0 Å².